The van der Waals surface area contributed by atoms with Gasteiger partial charge in [-0.2, -0.15) is 0 Å². The van der Waals surface area contributed by atoms with Crippen LogP contribution in [-0.4, -0.2) is 47.8 Å². The molecule has 1 aromatic carbocycles. The highest BCUT2D eigenvalue weighted by Crippen LogP contribution is 2.37. The van der Waals surface area contributed by atoms with Crippen molar-refractivity contribution in [3.05, 3.63) is 34.9 Å². The fraction of sp³-hybridized carbons (Fsp3) is 0.579. The molecule has 0 bridgehead atoms. The number of rotatable bonds is 4. The summed E-state index contributed by atoms with van der Waals surface area (Å²) in [7, 11) is 0. The van der Waals surface area contributed by atoms with Crippen LogP contribution in [0.2, 0.25) is 5.02 Å². The Labute approximate surface area is 148 Å². The largest absolute Gasteiger partial charge is 0.341 e. The zero-order valence-electron chi connectivity index (χ0n) is 14.2. The van der Waals surface area contributed by atoms with Crippen molar-refractivity contribution in [3.63, 3.8) is 0 Å². The van der Waals surface area contributed by atoms with Gasteiger partial charge in [0.05, 0.1) is 6.42 Å². The fourth-order valence-electron chi connectivity index (χ4n) is 3.36. The number of amides is 2. The van der Waals surface area contributed by atoms with Crippen LogP contribution in [0.15, 0.2) is 24.3 Å². The van der Waals surface area contributed by atoms with Gasteiger partial charge in [-0.05, 0) is 42.9 Å². The maximum absolute atomic E-state index is 12.5. The van der Waals surface area contributed by atoms with Gasteiger partial charge in [0.2, 0.25) is 11.8 Å². The summed E-state index contributed by atoms with van der Waals surface area (Å²) in [5, 5.41) is 0.680. The van der Waals surface area contributed by atoms with Crippen LogP contribution < -0.4 is 0 Å². The average Bonchev–Trinajstić information content (AvgIpc) is 3.42. The summed E-state index contributed by atoms with van der Waals surface area (Å²) < 4.78 is 0. The number of carbonyl (C=O) groups excluding carboxylic acids is 2. The molecule has 1 saturated heterocycles. The highest BCUT2D eigenvalue weighted by molar-refractivity contribution is 6.30. The van der Waals surface area contributed by atoms with E-state index in [1.54, 1.807) is 0 Å². The second kappa shape index (κ2) is 7.56. The van der Waals surface area contributed by atoms with Gasteiger partial charge in [-0.25, -0.2) is 0 Å². The van der Waals surface area contributed by atoms with E-state index in [9.17, 15) is 9.59 Å². The quantitative estimate of drug-likeness (QED) is 0.839. The summed E-state index contributed by atoms with van der Waals surface area (Å²) >= 11 is 5.88. The van der Waals surface area contributed by atoms with Crippen LogP contribution >= 0.6 is 11.6 Å². The van der Waals surface area contributed by atoms with Crippen LogP contribution in [0.25, 0.3) is 0 Å². The molecule has 1 saturated carbocycles. The Bertz CT molecular complexity index is 598. The van der Waals surface area contributed by atoms with Gasteiger partial charge in [0.15, 0.2) is 0 Å². The Morgan fingerprint density at radius 1 is 1.08 bits per heavy atom. The van der Waals surface area contributed by atoms with Gasteiger partial charge in [-0.15, -0.1) is 0 Å². The van der Waals surface area contributed by atoms with Crippen molar-refractivity contribution in [1.29, 1.82) is 0 Å². The first kappa shape index (κ1) is 17.3. The third-order valence-electron chi connectivity index (χ3n) is 5.15. The lowest BCUT2D eigenvalue weighted by Crippen LogP contribution is -2.40. The van der Waals surface area contributed by atoms with Crippen LogP contribution in [0, 0.1) is 11.8 Å². The van der Waals surface area contributed by atoms with Crippen molar-refractivity contribution < 1.29 is 9.59 Å². The van der Waals surface area contributed by atoms with E-state index in [0.29, 0.717) is 30.5 Å². The molecule has 0 N–H and O–H groups in total. The van der Waals surface area contributed by atoms with Gasteiger partial charge in [-0.1, -0.05) is 30.7 Å². The van der Waals surface area contributed by atoms with Crippen molar-refractivity contribution in [2.45, 2.75) is 32.6 Å². The number of hydrogen-bond acceptors (Lipinski definition) is 2. The molecular weight excluding hydrogens is 324 g/mol. The van der Waals surface area contributed by atoms with E-state index in [1.807, 2.05) is 41.0 Å². The van der Waals surface area contributed by atoms with Gasteiger partial charge in [-0.3, -0.25) is 9.59 Å². The van der Waals surface area contributed by atoms with E-state index in [1.165, 1.54) is 12.8 Å². The Hall–Kier alpha value is -1.55. The van der Waals surface area contributed by atoms with Gasteiger partial charge in [0.25, 0.3) is 0 Å². The van der Waals surface area contributed by atoms with Crippen molar-refractivity contribution in [1.82, 2.24) is 9.80 Å². The number of nitrogens with zero attached hydrogens (tertiary/aromatic N) is 2. The summed E-state index contributed by atoms with van der Waals surface area (Å²) in [4.78, 5) is 28.9. The molecule has 1 aliphatic carbocycles. The van der Waals surface area contributed by atoms with Crippen LogP contribution in [-0.2, 0) is 16.0 Å². The first-order valence-corrected chi connectivity index (χ1v) is 9.23. The fourth-order valence-corrected chi connectivity index (χ4v) is 3.49. The second-order valence-electron chi connectivity index (χ2n) is 6.99. The zero-order chi connectivity index (χ0) is 17.1. The molecule has 1 aromatic rings. The van der Waals surface area contributed by atoms with E-state index >= 15 is 0 Å². The predicted molar refractivity (Wildman–Crippen MR) is 94.8 cm³/mol. The number of halogens is 1. The molecule has 0 radical (unpaired) electrons. The molecule has 0 aromatic heterocycles. The molecule has 1 unspecified atom stereocenters. The molecule has 0 spiro atoms. The normalized spacial score (nSPS) is 19.8. The van der Waals surface area contributed by atoms with E-state index in [2.05, 4.69) is 0 Å². The zero-order valence-corrected chi connectivity index (χ0v) is 15.0. The molecule has 130 valence electrons. The van der Waals surface area contributed by atoms with E-state index < -0.39 is 0 Å². The lowest BCUT2D eigenvalue weighted by Gasteiger charge is -2.25. The minimum absolute atomic E-state index is 0.127. The Kier molecular flexibility index (Phi) is 5.44. The highest BCUT2D eigenvalue weighted by atomic mass is 35.5. The standard InChI is InChI=1S/C19H25ClN2O2/c1-14(16-5-6-16)19(24)22-10-2-9-21(11-12-22)18(23)13-15-3-7-17(20)8-4-15/h3-4,7-8,14,16H,2,5-6,9-13H2,1H3. The maximum atomic E-state index is 12.5. The van der Waals surface area contributed by atoms with E-state index in [0.717, 1.165) is 25.1 Å². The minimum Gasteiger partial charge on any atom is -0.341 e. The molecule has 24 heavy (non-hydrogen) atoms. The van der Waals surface area contributed by atoms with Crippen molar-refractivity contribution >= 4 is 23.4 Å². The van der Waals surface area contributed by atoms with E-state index in [4.69, 9.17) is 11.6 Å². The van der Waals surface area contributed by atoms with Crippen molar-refractivity contribution in [3.8, 4) is 0 Å². The van der Waals surface area contributed by atoms with Crippen LogP contribution in [0.4, 0.5) is 0 Å². The second-order valence-corrected chi connectivity index (χ2v) is 7.43. The monoisotopic (exact) mass is 348 g/mol. The molecule has 1 atom stereocenters. The molecule has 2 fully saturated rings. The third kappa shape index (κ3) is 4.29. The molecule has 3 rings (SSSR count). The first-order valence-electron chi connectivity index (χ1n) is 8.85. The lowest BCUT2D eigenvalue weighted by atomic mass is 10.0. The summed E-state index contributed by atoms with van der Waals surface area (Å²) in [6.07, 6.45) is 3.62. The Balaban J connectivity index is 1.53. The molecule has 1 aliphatic heterocycles. The third-order valence-corrected chi connectivity index (χ3v) is 5.40. The van der Waals surface area contributed by atoms with Crippen molar-refractivity contribution in [2.75, 3.05) is 26.2 Å². The molecule has 2 aliphatic rings. The average molecular weight is 349 g/mol. The summed E-state index contributed by atoms with van der Waals surface area (Å²) in [6, 6.07) is 7.41. The van der Waals surface area contributed by atoms with Crippen LogP contribution in [0.1, 0.15) is 31.7 Å². The van der Waals surface area contributed by atoms with Gasteiger partial charge in [0, 0.05) is 37.1 Å². The smallest absolute Gasteiger partial charge is 0.227 e. The SMILES string of the molecule is CC(C(=O)N1CCCN(C(=O)Cc2ccc(Cl)cc2)CC1)C1CC1. The van der Waals surface area contributed by atoms with Gasteiger partial charge in [0.1, 0.15) is 0 Å². The number of benzene rings is 1. The topological polar surface area (TPSA) is 40.6 Å². The maximum Gasteiger partial charge on any atom is 0.227 e. The predicted octanol–water partition coefficient (Wildman–Crippen LogP) is 2.99. The first-order chi connectivity index (χ1) is 11.5. The summed E-state index contributed by atoms with van der Waals surface area (Å²) in [5.74, 6) is 1.12. The Morgan fingerprint density at radius 2 is 1.71 bits per heavy atom. The number of carbonyl (C=O) groups is 2. The molecule has 4 nitrogen and oxygen atoms in total. The van der Waals surface area contributed by atoms with Gasteiger partial charge >= 0.3 is 0 Å². The molecule has 2 amide bonds. The molecular formula is C19H25ClN2O2. The van der Waals surface area contributed by atoms with Crippen molar-refractivity contribution in [2.24, 2.45) is 11.8 Å². The number of hydrogen-bond donors (Lipinski definition) is 0. The Morgan fingerprint density at radius 3 is 2.38 bits per heavy atom. The minimum atomic E-state index is 0.127. The highest BCUT2D eigenvalue weighted by Gasteiger charge is 2.35. The van der Waals surface area contributed by atoms with Crippen LogP contribution in [0.5, 0.6) is 0 Å². The summed E-state index contributed by atoms with van der Waals surface area (Å²) in [5.41, 5.74) is 0.976. The van der Waals surface area contributed by atoms with Gasteiger partial charge < -0.3 is 9.80 Å². The molecule has 5 heteroatoms. The lowest BCUT2D eigenvalue weighted by molar-refractivity contribution is -0.136. The van der Waals surface area contributed by atoms with E-state index in [-0.39, 0.29) is 17.7 Å². The molecule has 1 heterocycles. The summed E-state index contributed by atoms with van der Waals surface area (Å²) in [6.45, 7) is 4.83. The van der Waals surface area contributed by atoms with Crippen LogP contribution in [0.3, 0.4) is 0 Å².